The Hall–Kier alpha value is -1.62. The predicted octanol–water partition coefficient (Wildman–Crippen LogP) is 3.46. The summed E-state index contributed by atoms with van der Waals surface area (Å²) in [5.74, 6) is 0.289. The molecule has 138 valence electrons. The Morgan fingerprint density at radius 3 is 2.52 bits per heavy atom. The highest BCUT2D eigenvalue weighted by Gasteiger charge is 2.27. The first-order valence-electron chi connectivity index (χ1n) is 9.62. The number of amides is 1. The van der Waals surface area contributed by atoms with Gasteiger partial charge in [0.15, 0.2) is 6.61 Å². The van der Waals surface area contributed by atoms with Gasteiger partial charge >= 0.3 is 0 Å². The van der Waals surface area contributed by atoms with E-state index < -0.39 is 0 Å². The molecule has 4 nitrogen and oxygen atoms in total. The van der Waals surface area contributed by atoms with Gasteiger partial charge in [-0.3, -0.25) is 4.79 Å². The van der Waals surface area contributed by atoms with Crippen molar-refractivity contribution in [2.75, 3.05) is 32.8 Å². The Bertz CT molecular complexity index is 543. The number of piperidine rings is 2. The summed E-state index contributed by atoms with van der Waals surface area (Å²) in [5.41, 5.74) is 0. The van der Waals surface area contributed by atoms with Crippen molar-refractivity contribution in [1.82, 2.24) is 9.80 Å². The van der Waals surface area contributed by atoms with Gasteiger partial charge in [-0.25, -0.2) is 4.39 Å². The third-order valence-corrected chi connectivity index (χ3v) is 5.35. The monoisotopic (exact) mass is 348 g/mol. The minimum absolute atomic E-state index is 0.0336. The first-order chi connectivity index (χ1) is 12.2. The van der Waals surface area contributed by atoms with Gasteiger partial charge < -0.3 is 14.5 Å². The molecule has 5 heteroatoms. The summed E-state index contributed by atoms with van der Waals surface area (Å²) in [5, 5.41) is 0. The number of hydrogen-bond acceptors (Lipinski definition) is 3. The molecule has 0 radical (unpaired) electrons. The predicted molar refractivity (Wildman–Crippen MR) is 96.2 cm³/mol. The zero-order valence-electron chi connectivity index (χ0n) is 15.0. The lowest BCUT2D eigenvalue weighted by atomic mass is 9.98. The molecule has 0 aliphatic carbocycles. The second-order valence-corrected chi connectivity index (χ2v) is 7.17. The molecule has 1 aromatic carbocycles. The van der Waals surface area contributed by atoms with Crippen molar-refractivity contribution in [2.24, 2.45) is 0 Å². The molecule has 0 saturated carbocycles. The van der Waals surface area contributed by atoms with E-state index in [2.05, 4.69) is 4.90 Å². The first kappa shape index (κ1) is 18.2. The van der Waals surface area contributed by atoms with E-state index in [4.69, 9.17) is 4.74 Å². The molecular formula is C20H29FN2O2. The third-order valence-electron chi connectivity index (χ3n) is 5.35. The van der Waals surface area contributed by atoms with E-state index >= 15 is 0 Å². The molecule has 1 atom stereocenters. The van der Waals surface area contributed by atoms with Gasteiger partial charge in [0.1, 0.15) is 11.6 Å². The fourth-order valence-electron chi connectivity index (χ4n) is 3.90. The van der Waals surface area contributed by atoms with E-state index in [0.29, 0.717) is 11.8 Å². The summed E-state index contributed by atoms with van der Waals surface area (Å²) in [4.78, 5) is 17.2. The molecule has 2 saturated heterocycles. The third kappa shape index (κ3) is 5.43. The minimum atomic E-state index is -0.299. The van der Waals surface area contributed by atoms with Crippen LogP contribution >= 0.6 is 0 Å². The minimum Gasteiger partial charge on any atom is -0.484 e. The maximum atomic E-state index is 12.9. The van der Waals surface area contributed by atoms with E-state index in [0.717, 1.165) is 32.4 Å². The number of rotatable bonds is 6. The number of ether oxygens (including phenoxy) is 1. The van der Waals surface area contributed by atoms with Gasteiger partial charge in [-0.1, -0.05) is 6.42 Å². The number of likely N-dealkylation sites (tertiary alicyclic amines) is 2. The van der Waals surface area contributed by atoms with Crippen molar-refractivity contribution >= 4 is 5.91 Å². The molecule has 1 amide bonds. The number of hydrogen-bond donors (Lipinski definition) is 0. The zero-order chi connectivity index (χ0) is 17.5. The van der Waals surface area contributed by atoms with Gasteiger partial charge in [0.2, 0.25) is 0 Å². The van der Waals surface area contributed by atoms with E-state index in [9.17, 15) is 9.18 Å². The summed E-state index contributed by atoms with van der Waals surface area (Å²) in [6.07, 6.45) is 8.39. The molecule has 2 fully saturated rings. The Labute approximate surface area is 149 Å². The van der Waals surface area contributed by atoms with Crippen molar-refractivity contribution < 1.29 is 13.9 Å². The SMILES string of the molecule is O=C(COc1ccc(F)cc1)N1CCCCC1CCN1CCCCC1. The smallest absolute Gasteiger partial charge is 0.260 e. The molecule has 2 aliphatic heterocycles. The van der Waals surface area contributed by atoms with Crippen molar-refractivity contribution in [2.45, 2.75) is 51.0 Å². The van der Waals surface area contributed by atoms with Gasteiger partial charge in [-0.2, -0.15) is 0 Å². The van der Waals surface area contributed by atoms with Crippen LogP contribution in [0, 0.1) is 5.82 Å². The van der Waals surface area contributed by atoms with Crippen LogP contribution in [-0.2, 0) is 4.79 Å². The van der Waals surface area contributed by atoms with Crippen LogP contribution in [0.4, 0.5) is 4.39 Å². The van der Waals surface area contributed by atoms with E-state index in [1.165, 1.54) is 50.9 Å². The molecule has 3 rings (SSSR count). The van der Waals surface area contributed by atoms with Crippen LogP contribution in [0.5, 0.6) is 5.75 Å². The molecular weight excluding hydrogens is 319 g/mol. The maximum absolute atomic E-state index is 12.9. The Kier molecular flexibility index (Phi) is 6.68. The molecule has 0 aromatic heterocycles. The number of nitrogens with zero attached hydrogens (tertiary/aromatic N) is 2. The van der Waals surface area contributed by atoms with Gasteiger partial charge in [0, 0.05) is 19.1 Å². The molecule has 25 heavy (non-hydrogen) atoms. The molecule has 0 bridgehead atoms. The zero-order valence-corrected chi connectivity index (χ0v) is 15.0. The van der Waals surface area contributed by atoms with Crippen LogP contribution in [0.2, 0.25) is 0 Å². The lowest BCUT2D eigenvalue weighted by molar-refractivity contribution is -0.137. The van der Waals surface area contributed by atoms with Crippen molar-refractivity contribution in [3.05, 3.63) is 30.1 Å². The molecule has 1 aromatic rings. The van der Waals surface area contributed by atoms with Crippen molar-refractivity contribution in [3.8, 4) is 5.75 Å². The van der Waals surface area contributed by atoms with Crippen LogP contribution in [0.1, 0.15) is 44.9 Å². The van der Waals surface area contributed by atoms with Crippen LogP contribution in [-0.4, -0.2) is 54.5 Å². The Morgan fingerprint density at radius 1 is 1.04 bits per heavy atom. The molecule has 2 aliphatic rings. The fraction of sp³-hybridized carbons (Fsp3) is 0.650. The summed E-state index contributed by atoms with van der Waals surface area (Å²) >= 11 is 0. The van der Waals surface area contributed by atoms with E-state index in [1.54, 1.807) is 12.1 Å². The van der Waals surface area contributed by atoms with Gasteiger partial charge in [-0.15, -0.1) is 0 Å². The standard InChI is InChI=1S/C20H29FN2O2/c21-17-7-9-19(10-8-17)25-16-20(24)23-14-5-2-6-18(23)11-15-22-12-3-1-4-13-22/h7-10,18H,1-6,11-16H2. The number of halogens is 1. The van der Waals surface area contributed by atoms with Crippen LogP contribution in [0.3, 0.4) is 0 Å². The lowest BCUT2D eigenvalue weighted by Gasteiger charge is -2.37. The highest BCUT2D eigenvalue weighted by atomic mass is 19.1. The average Bonchev–Trinajstić information content (AvgIpc) is 2.67. The summed E-state index contributed by atoms with van der Waals surface area (Å²) in [6, 6.07) is 6.16. The summed E-state index contributed by atoms with van der Waals surface area (Å²) < 4.78 is 18.5. The highest BCUT2D eigenvalue weighted by Crippen LogP contribution is 2.21. The highest BCUT2D eigenvalue weighted by molar-refractivity contribution is 5.78. The van der Waals surface area contributed by atoms with Gasteiger partial charge in [-0.05, 0) is 75.9 Å². The average molecular weight is 348 g/mol. The molecule has 0 spiro atoms. The second kappa shape index (κ2) is 9.18. The van der Waals surface area contributed by atoms with Crippen LogP contribution < -0.4 is 4.74 Å². The van der Waals surface area contributed by atoms with Crippen LogP contribution in [0.25, 0.3) is 0 Å². The summed E-state index contributed by atoms with van der Waals surface area (Å²) in [6.45, 7) is 4.36. The van der Waals surface area contributed by atoms with E-state index in [1.807, 2.05) is 4.90 Å². The number of benzene rings is 1. The second-order valence-electron chi connectivity index (χ2n) is 7.17. The molecule has 2 heterocycles. The molecule has 0 N–H and O–H groups in total. The Balaban J connectivity index is 1.48. The van der Waals surface area contributed by atoms with E-state index in [-0.39, 0.29) is 18.3 Å². The normalized spacial score (nSPS) is 22.0. The van der Waals surface area contributed by atoms with Crippen LogP contribution in [0.15, 0.2) is 24.3 Å². The van der Waals surface area contributed by atoms with Gasteiger partial charge in [0.05, 0.1) is 0 Å². The van der Waals surface area contributed by atoms with Crippen molar-refractivity contribution in [3.63, 3.8) is 0 Å². The molecule has 1 unspecified atom stereocenters. The quantitative estimate of drug-likeness (QED) is 0.789. The number of carbonyl (C=O) groups excluding carboxylic acids is 1. The lowest BCUT2D eigenvalue weighted by Crippen LogP contribution is -2.47. The fourth-order valence-corrected chi connectivity index (χ4v) is 3.90. The maximum Gasteiger partial charge on any atom is 0.260 e. The first-order valence-corrected chi connectivity index (χ1v) is 9.62. The van der Waals surface area contributed by atoms with Crippen molar-refractivity contribution in [1.29, 1.82) is 0 Å². The number of carbonyl (C=O) groups is 1. The summed E-state index contributed by atoms with van der Waals surface area (Å²) in [7, 11) is 0. The Morgan fingerprint density at radius 2 is 1.76 bits per heavy atom. The largest absolute Gasteiger partial charge is 0.484 e. The van der Waals surface area contributed by atoms with Gasteiger partial charge in [0.25, 0.3) is 5.91 Å². The topological polar surface area (TPSA) is 32.8 Å².